The molecule has 0 radical (unpaired) electrons. The number of nitrogens with zero attached hydrogens (tertiary/aromatic N) is 5. The van der Waals surface area contributed by atoms with E-state index in [1.165, 1.54) is 0 Å². The van der Waals surface area contributed by atoms with Crippen LogP contribution >= 0.6 is 11.3 Å². The van der Waals surface area contributed by atoms with Crippen molar-refractivity contribution >= 4 is 11.3 Å². The summed E-state index contributed by atoms with van der Waals surface area (Å²) in [6, 6.07) is 15.8. The number of hydrogen-bond donors (Lipinski definition) is 1. The van der Waals surface area contributed by atoms with Gasteiger partial charge in [0.15, 0.2) is 5.82 Å². The second-order valence-corrected chi connectivity index (χ2v) is 12.2. The molecule has 2 aromatic carbocycles. The molecule has 218 valence electrons. The van der Waals surface area contributed by atoms with Crippen LogP contribution in [0.15, 0.2) is 62.6 Å². The maximum atomic E-state index is 14.2. The van der Waals surface area contributed by atoms with Gasteiger partial charge in [-0.05, 0) is 29.0 Å². The van der Waals surface area contributed by atoms with Crippen LogP contribution in [0.2, 0.25) is 0 Å². The van der Waals surface area contributed by atoms with E-state index in [1.807, 2.05) is 53.1 Å². The van der Waals surface area contributed by atoms with Crippen molar-refractivity contribution in [3.8, 4) is 22.5 Å². The van der Waals surface area contributed by atoms with Gasteiger partial charge in [0.1, 0.15) is 15.8 Å². The third kappa shape index (κ3) is 6.33. The minimum atomic E-state index is -0.595. The van der Waals surface area contributed by atoms with E-state index in [2.05, 4.69) is 55.0 Å². The zero-order chi connectivity index (χ0) is 29.8. The van der Waals surface area contributed by atoms with Crippen molar-refractivity contribution in [2.75, 3.05) is 0 Å². The van der Waals surface area contributed by atoms with E-state index in [4.69, 9.17) is 9.51 Å². The van der Waals surface area contributed by atoms with Crippen LogP contribution in [-0.4, -0.2) is 29.9 Å². The smallest absolute Gasteiger partial charge is 0.296 e. The second kappa shape index (κ2) is 12.8. The molecule has 0 amide bonds. The Morgan fingerprint density at radius 3 is 2.31 bits per heavy atom. The number of rotatable bonds is 11. The lowest BCUT2D eigenvalue weighted by Crippen LogP contribution is -2.31. The summed E-state index contributed by atoms with van der Waals surface area (Å²) in [7, 11) is 0. The Labute approximate surface area is 248 Å². The maximum Gasteiger partial charge on any atom is 0.439 e. The summed E-state index contributed by atoms with van der Waals surface area (Å²) >= 11 is 1.57. The molecule has 0 aliphatic carbocycles. The molecule has 3 heterocycles. The average Bonchev–Trinajstić information content (AvgIpc) is 3.64. The van der Waals surface area contributed by atoms with Crippen LogP contribution in [0, 0.1) is 0 Å². The first-order valence-electron chi connectivity index (χ1n) is 14.4. The van der Waals surface area contributed by atoms with E-state index in [0.29, 0.717) is 30.3 Å². The molecule has 0 fully saturated rings. The summed E-state index contributed by atoms with van der Waals surface area (Å²) < 4.78 is 6.56. The Hall–Kier alpha value is -4.18. The van der Waals surface area contributed by atoms with E-state index in [1.54, 1.807) is 11.3 Å². The quantitative estimate of drug-likeness (QED) is 0.193. The zero-order valence-corrected chi connectivity index (χ0v) is 25.5. The second-order valence-electron chi connectivity index (χ2n) is 11.1. The molecular formula is C32H36N6O3S. The number of hydrogen-bond acceptors (Lipinski definition) is 8. The van der Waals surface area contributed by atoms with Gasteiger partial charge >= 0.3 is 5.76 Å². The maximum absolute atomic E-state index is 14.2. The molecule has 5 aromatic rings. The van der Waals surface area contributed by atoms with Crippen LogP contribution in [-0.2, 0) is 19.4 Å². The normalized spacial score (nSPS) is 11.6. The van der Waals surface area contributed by atoms with Crippen LogP contribution in [0.3, 0.4) is 0 Å². The third-order valence-corrected chi connectivity index (χ3v) is 8.43. The predicted molar refractivity (Wildman–Crippen MR) is 165 cm³/mol. The molecule has 0 bridgehead atoms. The van der Waals surface area contributed by atoms with Crippen LogP contribution in [0.1, 0.15) is 92.0 Å². The van der Waals surface area contributed by atoms with Gasteiger partial charge in [0.25, 0.3) is 5.56 Å². The summed E-state index contributed by atoms with van der Waals surface area (Å²) in [4.78, 5) is 33.4. The minimum absolute atomic E-state index is 0.00879. The number of aryl methyl sites for hydroxylation is 1. The van der Waals surface area contributed by atoms with Gasteiger partial charge in [-0.3, -0.25) is 18.9 Å². The SMILES string of the molecule is CCCCc1nc(C(C)C)c(Cc2nnc(C(C)C)s2)c(=O)n1Cc1ccc(-c2ccccc2-c2noc(=O)[nH]2)cc1. The lowest BCUT2D eigenvalue weighted by atomic mass is 9.98. The molecule has 0 saturated heterocycles. The van der Waals surface area contributed by atoms with Crippen molar-refractivity contribution in [3.63, 3.8) is 0 Å². The third-order valence-electron chi connectivity index (χ3n) is 7.21. The Kier molecular flexibility index (Phi) is 8.91. The number of aromatic nitrogens is 6. The van der Waals surface area contributed by atoms with Crippen molar-refractivity contribution < 1.29 is 4.52 Å². The van der Waals surface area contributed by atoms with Crippen LogP contribution in [0.25, 0.3) is 22.5 Å². The lowest BCUT2D eigenvalue weighted by molar-refractivity contribution is 0.388. The fourth-order valence-corrected chi connectivity index (χ4v) is 5.83. The zero-order valence-electron chi connectivity index (χ0n) is 24.7. The van der Waals surface area contributed by atoms with Crippen molar-refractivity contribution in [1.82, 2.24) is 29.9 Å². The molecular weight excluding hydrogens is 548 g/mol. The number of nitrogens with one attached hydrogen (secondary N) is 1. The van der Waals surface area contributed by atoms with E-state index in [9.17, 15) is 9.59 Å². The van der Waals surface area contributed by atoms with Crippen molar-refractivity contribution in [3.05, 3.63) is 102 Å². The van der Waals surface area contributed by atoms with Gasteiger partial charge in [0.05, 0.1) is 12.2 Å². The summed E-state index contributed by atoms with van der Waals surface area (Å²) in [6.07, 6.45) is 3.14. The molecule has 0 aliphatic heterocycles. The summed E-state index contributed by atoms with van der Waals surface area (Å²) in [5.41, 5.74) is 5.18. The standard InChI is InChI=1S/C32H36N6O3S/c1-6-7-12-26-33-28(19(2)3)25(17-27-35-36-30(42-27)20(4)5)31(39)38(26)18-21-13-15-22(16-14-21)23-10-8-9-11-24(23)29-34-32(40)41-37-29/h8-11,13-16,19-20H,6-7,12,17-18H2,1-5H3,(H,34,37,40). The largest absolute Gasteiger partial charge is 0.439 e. The van der Waals surface area contributed by atoms with Gasteiger partial charge in [-0.1, -0.05) is 94.7 Å². The molecule has 0 aliphatic rings. The van der Waals surface area contributed by atoms with Crippen molar-refractivity contribution in [1.29, 1.82) is 0 Å². The van der Waals surface area contributed by atoms with E-state index >= 15 is 0 Å². The molecule has 0 spiro atoms. The lowest BCUT2D eigenvalue weighted by Gasteiger charge is -2.19. The highest BCUT2D eigenvalue weighted by atomic mass is 32.1. The van der Waals surface area contributed by atoms with Gasteiger partial charge in [0.2, 0.25) is 0 Å². The fourth-order valence-electron chi connectivity index (χ4n) is 4.97. The summed E-state index contributed by atoms with van der Waals surface area (Å²) in [5.74, 6) is 1.01. The number of H-pyrrole nitrogens is 1. The number of unbranched alkanes of at least 4 members (excludes halogenated alkanes) is 1. The molecule has 5 rings (SSSR count). The van der Waals surface area contributed by atoms with Gasteiger partial charge in [-0.25, -0.2) is 9.78 Å². The molecule has 1 N–H and O–H groups in total. The Morgan fingerprint density at radius 2 is 1.69 bits per heavy atom. The van der Waals surface area contributed by atoms with Gasteiger partial charge in [-0.15, -0.1) is 21.5 Å². The Balaban J connectivity index is 1.51. The molecule has 0 atom stereocenters. The monoisotopic (exact) mass is 584 g/mol. The van der Waals surface area contributed by atoms with Crippen molar-refractivity contribution in [2.24, 2.45) is 0 Å². The minimum Gasteiger partial charge on any atom is -0.296 e. The molecule has 42 heavy (non-hydrogen) atoms. The number of benzene rings is 2. The average molecular weight is 585 g/mol. The van der Waals surface area contributed by atoms with Crippen molar-refractivity contribution in [2.45, 2.75) is 78.7 Å². The van der Waals surface area contributed by atoms with E-state index < -0.39 is 5.76 Å². The van der Waals surface area contributed by atoms with Gasteiger partial charge in [-0.2, -0.15) is 0 Å². The molecule has 9 nitrogen and oxygen atoms in total. The van der Waals surface area contributed by atoms with Gasteiger partial charge in [0, 0.05) is 29.9 Å². The van der Waals surface area contributed by atoms with Crippen LogP contribution in [0.5, 0.6) is 0 Å². The molecule has 3 aromatic heterocycles. The predicted octanol–water partition coefficient (Wildman–Crippen LogP) is 6.33. The highest BCUT2D eigenvalue weighted by Gasteiger charge is 2.21. The molecule has 10 heteroatoms. The highest BCUT2D eigenvalue weighted by Crippen LogP contribution is 2.30. The Morgan fingerprint density at radius 1 is 0.952 bits per heavy atom. The molecule has 0 saturated carbocycles. The first-order valence-corrected chi connectivity index (χ1v) is 15.3. The first kappa shape index (κ1) is 29.3. The first-order chi connectivity index (χ1) is 20.2. The van der Waals surface area contributed by atoms with Crippen LogP contribution in [0.4, 0.5) is 0 Å². The summed E-state index contributed by atoms with van der Waals surface area (Å²) in [5, 5.41) is 14.4. The molecule has 0 unspecified atom stereocenters. The van der Waals surface area contributed by atoms with E-state index in [-0.39, 0.29) is 11.5 Å². The Bertz CT molecular complexity index is 1780. The van der Waals surface area contributed by atoms with E-state index in [0.717, 1.165) is 63.0 Å². The topological polar surface area (TPSA) is 120 Å². The summed E-state index contributed by atoms with van der Waals surface area (Å²) in [6.45, 7) is 10.9. The van der Waals surface area contributed by atoms with Gasteiger partial charge < -0.3 is 0 Å². The van der Waals surface area contributed by atoms with Crippen LogP contribution < -0.4 is 11.3 Å². The fraction of sp³-hybridized carbons (Fsp3) is 0.375. The highest BCUT2D eigenvalue weighted by molar-refractivity contribution is 7.11. The number of aromatic amines is 1.